The van der Waals surface area contributed by atoms with Gasteiger partial charge in [0.1, 0.15) is 11.4 Å². The van der Waals surface area contributed by atoms with Crippen LogP contribution < -0.4 is 5.73 Å². The van der Waals surface area contributed by atoms with E-state index in [1.54, 1.807) is 0 Å². The van der Waals surface area contributed by atoms with Gasteiger partial charge in [-0.25, -0.2) is 18.6 Å². The first-order chi connectivity index (χ1) is 7.93. The Morgan fingerprint density at radius 3 is 2.59 bits per heavy atom. The van der Waals surface area contributed by atoms with Gasteiger partial charge in [0.15, 0.2) is 16.7 Å². The summed E-state index contributed by atoms with van der Waals surface area (Å²) in [4.78, 5) is 14.8. The summed E-state index contributed by atoms with van der Waals surface area (Å²) in [7, 11) is 1.05. The number of methoxy groups -OCH3 is 1. The largest absolute Gasteiger partial charge is 0.464 e. The van der Waals surface area contributed by atoms with Gasteiger partial charge in [-0.3, -0.25) is 0 Å². The van der Waals surface area contributed by atoms with Crippen molar-refractivity contribution in [3.8, 4) is 0 Å². The first-order valence-corrected chi connectivity index (χ1v) is 4.88. The van der Waals surface area contributed by atoms with Crippen LogP contribution in [0.1, 0.15) is 16.1 Å². The Kier molecular flexibility index (Phi) is 4.25. The third kappa shape index (κ3) is 2.48. The average molecular weight is 283 g/mol. The van der Waals surface area contributed by atoms with E-state index in [1.165, 1.54) is 0 Å². The minimum Gasteiger partial charge on any atom is -0.464 e. The Bertz CT molecular complexity index is 506. The quantitative estimate of drug-likeness (QED) is 0.669. The van der Waals surface area contributed by atoms with Crippen molar-refractivity contribution in [2.75, 3.05) is 12.8 Å². The average Bonchev–Trinajstić information content (AvgIpc) is 2.33. The zero-order valence-corrected chi connectivity index (χ0v) is 9.94. The van der Waals surface area contributed by atoms with Crippen LogP contribution >= 0.6 is 23.2 Å². The van der Waals surface area contributed by atoms with Crippen LogP contribution in [0, 0.1) is 0 Å². The lowest BCUT2D eigenvalue weighted by molar-refractivity contribution is 0.0593. The van der Waals surface area contributed by atoms with Gasteiger partial charge < -0.3 is 10.5 Å². The summed E-state index contributed by atoms with van der Waals surface area (Å²) in [5.41, 5.74) is 3.91. The monoisotopic (exact) mass is 282 g/mol. The number of nitrogen functional groups attached to an aromatic ring is 1. The zero-order valence-electron chi connectivity index (χ0n) is 8.43. The number of ether oxygens (including phenoxy) is 1. The molecule has 1 aromatic heterocycles. The second-order valence-corrected chi connectivity index (χ2v) is 3.54. The number of esters is 1. The maximum Gasteiger partial charge on any atom is 0.357 e. The molecule has 0 bridgehead atoms. The summed E-state index contributed by atoms with van der Waals surface area (Å²) in [6.45, 7) is 0. The molecule has 92 valence electrons. The van der Waals surface area contributed by atoms with Crippen molar-refractivity contribution in [3.63, 3.8) is 0 Å². The number of hydrogen-bond acceptors (Lipinski definition) is 4. The van der Waals surface area contributed by atoms with Crippen molar-refractivity contribution < 1.29 is 18.3 Å². The van der Waals surface area contributed by atoms with E-state index in [9.17, 15) is 13.6 Å². The van der Waals surface area contributed by atoms with E-state index in [4.69, 9.17) is 28.9 Å². The standard InChI is InChI=1S/C9H6Cl2F2N2O2/c1-17-9(16)7-4(3(13)2-12)6(14)5(10)8(11)15-7/h2H,1H3,(H2,14,15)/b3-2+. The topological polar surface area (TPSA) is 65.2 Å². The van der Waals surface area contributed by atoms with Crippen LogP contribution in [-0.2, 0) is 4.74 Å². The van der Waals surface area contributed by atoms with E-state index in [0.717, 1.165) is 7.11 Å². The molecule has 0 aliphatic carbocycles. The van der Waals surface area contributed by atoms with Gasteiger partial charge in [-0.05, 0) is 0 Å². The van der Waals surface area contributed by atoms with Crippen molar-refractivity contribution >= 4 is 40.7 Å². The number of aromatic nitrogens is 1. The summed E-state index contributed by atoms with van der Waals surface area (Å²) in [5.74, 6) is -2.41. The fourth-order valence-electron chi connectivity index (χ4n) is 1.09. The first-order valence-electron chi connectivity index (χ1n) is 4.13. The highest BCUT2D eigenvalue weighted by molar-refractivity contribution is 6.43. The molecular weight excluding hydrogens is 277 g/mol. The number of carbonyl (C=O) groups excluding carboxylic acids is 1. The fourth-order valence-corrected chi connectivity index (χ4v) is 1.42. The molecular formula is C9H6Cl2F2N2O2. The molecule has 8 heteroatoms. The van der Waals surface area contributed by atoms with E-state index in [1.807, 2.05) is 0 Å². The molecule has 17 heavy (non-hydrogen) atoms. The number of hydrogen-bond donors (Lipinski definition) is 1. The number of nitrogens with zero attached hydrogens (tertiary/aromatic N) is 1. The smallest absolute Gasteiger partial charge is 0.357 e. The summed E-state index contributed by atoms with van der Waals surface area (Å²) in [6, 6.07) is 0. The molecule has 0 unspecified atom stereocenters. The van der Waals surface area contributed by atoms with Crippen molar-refractivity contribution in [3.05, 3.63) is 27.8 Å². The third-order valence-corrected chi connectivity index (χ3v) is 2.60. The Hall–Kier alpha value is -1.40. The van der Waals surface area contributed by atoms with Crippen molar-refractivity contribution in [2.24, 2.45) is 0 Å². The molecule has 1 rings (SSSR count). The van der Waals surface area contributed by atoms with Gasteiger partial charge in [0, 0.05) is 0 Å². The minimum atomic E-state index is -1.39. The van der Waals surface area contributed by atoms with Crippen LogP contribution in [0.2, 0.25) is 10.2 Å². The molecule has 0 aliphatic heterocycles. The fraction of sp³-hybridized carbons (Fsp3) is 0.111. The van der Waals surface area contributed by atoms with Crippen molar-refractivity contribution in [2.45, 2.75) is 0 Å². The number of rotatable bonds is 2. The molecule has 0 amide bonds. The number of halogens is 4. The predicted molar refractivity (Wildman–Crippen MR) is 60.2 cm³/mol. The lowest BCUT2D eigenvalue weighted by atomic mass is 10.1. The van der Waals surface area contributed by atoms with Gasteiger partial charge in [-0.2, -0.15) is 0 Å². The van der Waals surface area contributed by atoms with Crippen LogP contribution in [0.25, 0.3) is 5.83 Å². The minimum absolute atomic E-state index is 0.272. The van der Waals surface area contributed by atoms with Crippen LogP contribution in [0.15, 0.2) is 6.33 Å². The number of carbonyl (C=O) groups is 1. The Morgan fingerprint density at radius 1 is 1.53 bits per heavy atom. The summed E-state index contributed by atoms with van der Waals surface area (Å²) in [5, 5.41) is -0.578. The number of anilines is 1. The molecule has 1 aromatic rings. The van der Waals surface area contributed by atoms with Crippen LogP contribution in [0.5, 0.6) is 0 Å². The van der Waals surface area contributed by atoms with Crippen LogP contribution in [-0.4, -0.2) is 18.1 Å². The Balaban J connectivity index is 3.64. The van der Waals surface area contributed by atoms with E-state index >= 15 is 0 Å². The van der Waals surface area contributed by atoms with Crippen molar-refractivity contribution in [1.82, 2.24) is 4.98 Å². The molecule has 1 heterocycles. The predicted octanol–water partition coefficient (Wildman–Crippen LogP) is 2.99. The summed E-state index contributed by atoms with van der Waals surface area (Å²) in [6.07, 6.45) is -0.371. The van der Waals surface area contributed by atoms with E-state index in [0.29, 0.717) is 0 Å². The van der Waals surface area contributed by atoms with Crippen LogP contribution in [0.3, 0.4) is 0 Å². The molecule has 0 atom stereocenters. The second kappa shape index (κ2) is 5.29. The molecule has 0 spiro atoms. The number of nitrogens with two attached hydrogens (primary N) is 1. The molecule has 0 saturated heterocycles. The van der Waals surface area contributed by atoms with E-state index in [-0.39, 0.29) is 16.5 Å². The lowest BCUT2D eigenvalue weighted by Crippen LogP contribution is -2.11. The van der Waals surface area contributed by atoms with E-state index in [2.05, 4.69) is 9.72 Å². The molecule has 4 nitrogen and oxygen atoms in total. The Labute approximate surface area is 105 Å². The maximum absolute atomic E-state index is 13.3. The van der Waals surface area contributed by atoms with Gasteiger partial charge in [0.25, 0.3) is 0 Å². The van der Waals surface area contributed by atoms with Gasteiger partial charge in [0.2, 0.25) is 0 Å². The lowest BCUT2D eigenvalue weighted by Gasteiger charge is -2.10. The second-order valence-electron chi connectivity index (χ2n) is 2.80. The van der Waals surface area contributed by atoms with Gasteiger partial charge in [0.05, 0.1) is 18.4 Å². The number of pyridine rings is 1. The zero-order chi connectivity index (χ0) is 13.2. The van der Waals surface area contributed by atoms with Gasteiger partial charge in [-0.1, -0.05) is 23.2 Å². The maximum atomic E-state index is 13.3. The van der Waals surface area contributed by atoms with Crippen LogP contribution in [0.4, 0.5) is 14.5 Å². The normalized spacial score (nSPS) is 11.5. The summed E-state index contributed by atoms with van der Waals surface area (Å²) >= 11 is 11.2. The molecule has 0 radical (unpaired) electrons. The first kappa shape index (κ1) is 13.7. The third-order valence-electron chi connectivity index (χ3n) is 1.85. The summed E-state index contributed by atoms with van der Waals surface area (Å²) < 4.78 is 29.8. The van der Waals surface area contributed by atoms with Gasteiger partial charge >= 0.3 is 5.97 Å². The molecule has 0 saturated carbocycles. The highest BCUT2D eigenvalue weighted by atomic mass is 35.5. The molecule has 0 fully saturated rings. The van der Waals surface area contributed by atoms with Gasteiger partial charge in [-0.15, -0.1) is 0 Å². The SMILES string of the molecule is COC(=O)c1nc(Cl)c(Cl)c(N)c1/C(F)=C\F. The van der Waals surface area contributed by atoms with E-state index < -0.39 is 28.7 Å². The molecule has 0 aliphatic rings. The molecule has 0 aromatic carbocycles. The molecule has 2 N–H and O–H groups in total. The Morgan fingerprint density at radius 2 is 2.12 bits per heavy atom. The van der Waals surface area contributed by atoms with Crippen molar-refractivity contribution in [1.29, 1.82) is 0 Å². The highest BCUT2D eigenvalue weighted by Gasteiger charge is 2.24. The highest BCUT2D eigenvalue weighted by Crippen LogP contribution is 2.35.